The van der Waals surface area contributed by atoms with Crippen LogP contribution in [0.5, 0.6) is 11.8 Å². The summed E-state index contributed by atoms with van der Waals surface area (Å²) >= 11 is 3.36. The number of carbonyl (C=O) groups excluding carboxylic acids is 2. The molecule has 1 unspecified atom stereocenters. The molecule has 1 aliphatic heterocycles. The van der Waals surface area contributed by atoms with Crippen LogP contribution in [0.3, 0.4) is 0 Å². The monoisotopic (exact) mass is 443 g/mol. The quantitative estimate of drug-likeness (QED) is 0.700. The van der Waals surface area contributed by atoms with Gasteiger partial charge in [0.25, 0.3) is 0 Å². The van der Waals surface area contributed by atoms with E-state index in [4.69, 9.17) is 14.2 Å². The van der Waals surface area contributed by atoms with Crippen LogP contribution in [0.2, 0.25) is 0 Å². The van der Waals surface area contributed by atoms with Gasteiger partial charge in [0.15, 0.2) is 0 Å². The summed E-state index contributed by atoms with van der Waals surface area (Å²) in [7, 11) is 1.52. The molecule has 8 nitrogen and oxygen atoms in total. The average molecular weight is 444 g/mol. The first-order valence-electron chi connectivity index (χ1n) is 8.81. The fraction of sp³-hybridized carbons (Fsp3) is 0.611. The van der Waals surface area contributed by atoms with Crippen molar-refractivity contribution < 1.29 is 23.8 Å². The van der Waals surface area contributed by atoms with Crippen LogP contribution < -0.4 is 20.1 Å². The zero-order valence-electron chi connectivity index (χ0n) is 16.0. The van der Waals surface area contributed by atoms with Crippen molar-refractivity contribution in [3.63, 3.8) is 0 Å². The Kier molecular flexibility index (Phi) is 7.43. The van der Waals surface area contributed by atoms with Gasteiger partial charge in [0.2, 0.25) is 17.7 Å². The van der Waals surface area contributed by atoms with Crippen molar-refractivity contribution in [2.24, 2.45) is 5.41 Å². The fourth-order valence-electron chi connectivity index (χ4n) is 2.57. The molecular formula is C18H26BrN3O5. The first-order chi connectivity index (χ1) is 12.7. The lowest BCUT2D eigenvalue weighted by Crippen LogP contribution is -2.53. The van der Waals surface area contributed by atoms with Gasteiger partial charge in [-0.3, -0.25) is 4.79 Å². The van der Waals surface area contributed by atoms with Gasteiger partial charge in [-0.1, -0.05) is 20.8 Å². The molecule has 2 N–H and O–H groups in total. The maximum atomic E-state index is 12.2. The molecule has 0 aromatic carbocycles. The molecule has 0 radical (unpaired) electrons. The van der Waals surface area contributed by atoms with Crippen molar-refractivity contribution in [1.82, 2.24) is 15.6 Å². The Balaban J connectivity index is 1.99. The third-order valence-corrected chi connectivity index (χ3v) is 4.66. The SMILES string of the molecule is CNC(=O)[C@@H](NC(=O)Oc1ccc(Br)c(OCC2CCCO2)n1)C(C)(C)C. The molecule has 0 saturated carbocycles. The van der Waals surface area contributed by atoms with E-state index in [1.807, 2.05) is 20.8 Å². The van der Waals surface area contributed by atoms with Gasteiger partial charge in [0.05, 0.1) is 10.6 Å². The van der Waals surface area contributed by atoms with Crippen LogP contribution >= 0.6 is 15.9 Å². The Morgan fingerprint density at radius 2 is 2.15 bits per heavy atom. The summed E-state index contributed by atoms with van der Waals surface area (Å²) in [6.07, 6.45) is 1.25. The Morgan fingerprint density at radius 1 is 1.41 bits per heavy atom. The minimum Gasteiger partial charge on any atom is -0.474 e. The van der Waals surface area contributed by atoms with Gasteiger partial charge in [0, 0.05) is 19.7 Å². The molecule has 1 aromatic heterocycles. The summed E-state index contributed by atoms with van der Waals surface area (Å²) in [5.41, 5.74) is -0.484. The first-order valence-corrected chi connectivity index (χ1v) is 9.61. The Bertz CT molecular complexity index is 671. The summed E-state index contributed by atoms with van der Waals surface area (Å²) in [4.78, 5) is 28.4. The molecule has 1 fully saturated rings. The highest BCUT2D eigenvalue weighted by Gasteiger charge is 2.32. The van der Waals surface area contributed by atoms with Gasteiger partial charge < -0.3 is 24.8 Å². The van der Waals surface area contributed by atoms with E-state index in [1.165, 1.54) is 13.1 Å². The summed E-state index contributed by atoms with van der Waals surface area (Å²) in [6, 6.07) is 2.47. The molecule has 9 heteroatoms. The third-order valence-electron chi connectivity index (χ3n) is 4.05. The number of likely N-dealkylation sites (N-methyl/N-ethyl adjacent to an activating group) is 1. The Morgan fingerprint density at radius 3 is 2.74 bits per heavy atom. The summed E-state index contributed by atoms with van der Waals surface area (Å²) in [6.45, 7) is 6.67. The highest BCUT2D eigenvalue weighted by atomic mass is 79.9. The van der Waals surface area contributed by atoms with Crippen LogP contribution in [-0.2, 0) is 9.53 Å². The maximum absolute atomic E-state index is 12.2. The first kappa shape index (κ1) is 21.4. The predicted octanol–water partition coefficient (Wildman–Crippen LogP) is 2.65. The van der Waals surface area contributed by atoms with Gasteiger partial charge in [-0.15, -0.1) is 0 Å². The second kappa shape index (κ2) is 9.36. The van der Waals surface area contributed by atoms with E-state index in [-0.39, 0.29) is 17.9 Å². The van der Waals surface area contributed by atoms with Crippen LogP contribution in [0.4, 0.5) is 4.79 Å². The molecule has 2 rings (SSSR count). The van der Waals surface area contributed by atoms with E-state index in [1.54, 1.807) is 6.07 Å². The molecule has 150 valence electrons. The zero-order valence-corrected chi connectivity index (χ0v) is 17.6. The number of amides is 2. The van der Waals surface area contributed by atoms with E-state index in [9.17, 15) is 9.59 Å². The van der Waals surface area contributed by atoms with Crippen molar-refractivity contribution in [2.45, 2.75) is 45.8 Å². The lowest BCUT2D eigenvalue weighted by molar-refractivity contribution is -0.124. The molecular weight excluding hydrogens is 418 g/mol. The highest BCUT2D eigenvalue weighted by Crippen LogP contribution is 2.26. The van der Waals surface area contributed by atoms with Crippen molar-refractivity contribution in [1.29, 1.82) is 0 Å². The van der Waals surface area contributed by atoms with E-state index in [0.717, 1.165) is 19.4 Å². The molecule has 1 aromatic rings. The maximum Gasteiger partial charge on any atom is 0.414 e. The lowest BCUT2D eigenvalue weighted by atomic mass is 9.86. The number of carbonyl (C=O) groups is 2. The number of halogens is 1. The zero-order chi connectivity index (χ0) is 20.0. The number of hydrogen-bond acceptors (Lipinski definition) is 6. The van der Waals surface area contributed by atoms with Crippen molar-refractivity contribution >= 4 is 27.9 Å². The number of ether oxygens (including phenoxy) is 3. The molecule has 0 bridgehead atoms. The van der Waals surface area contributed by atoms with Crippen LogP contribution in [0, 0.1) is 5.41 Å². The standard InChI is InChI=1S/C18H26BrN3O5/c1-18(2,3)14(15(23)20-4)22-17(24)27-13-8-7-12(19)16(21-13)26-10-11-6-5-9-25-11/h7-8,11,14H,5-6,9-10H2,1-4H3,(H,20,23)(H,22,24)/t11?,14-/m1/s1. The van der Waals surface area contributed by atoms with Gasteiger partial charge in [-0.05, 0) is 40.3 Å². The highest BCUT2D eigenvalue weighted by molar-refractivity contribution is 9.10. The Hall–Kier alpha value is -1.87. The number of nitrogens with one attached hydrogen (secondary N) is 2. The molecule has 27 heavy (non-hydrogen) atoms. The Labute approximate surface area is 167 Å². The fourth-order valence-corrected chi connectivity index (χ4v) is 2.91. The summed E-state index contributed by atoms with van der Waals surface area (Å²) < 4.78 is 17.1. The van der Waals surface area contributed by atoms with Crippen LogP contribution in [-0.4, -0.2) is 49.4 Å². The minimum atomic E-state index is -0.765. The van der Waals surface area contributed by atoms with E-state index in [0.29, 0.717) is 17.0 Å². The van der Waals surface area contributed by atoms with Crippen LogP contribution in [0.25, 0.3) is 0 Å². The lowest BCUT2D eigenvalue weighted by Gasteiger charge is -2.29. The molecule has 2 heterocycles. The van der Waals surface area contributed by atoms with E-state index >= 15 is 0 Å². The molecule has 2 amide bonds. The summed E-state index contributed by atoms with van der Waals surface area (Å²) in [5, 5.41) is 5.12. The molecule has 0 spiro atoms. The van der Waals surface area contributed by atoms with Gasteiger partial charge in [0.1, 0.15) is 12.6 Å². The largest absolute Gasteiger partial charge is 0.474 e. The van der Waals surface area contributed by atoms with Crippen molar-refractivity contribution in [3.8, 4) is 11.8 Å². The van der Waals surface area contributed by atoms with Crippen molar-refractivity contribution in [3.05, 3.63) is 16.6 Å². The van der Waals surface area contributed by atoms with Crippen LogP contribution in [0.15, 0.2) is 16.6 Å². The molecule has 0 aliphatic carbocycles. The second-order valence-electron chi connectivity index (χ2n) is 7.33. The molecule has 2 atom stereocenters. The van der Waals surface area contributed by atoms with E-state index < -0.39 is 17.6 Å². The minimum absolute atomic E-state index is 0.0478. The normalized spacial score (nSPS) is 17.9. The topological polar surface area (TPSA) is 98.8 Å². The summed E-state index contributed by atoms with van der Waals surface area (Å²) in [5.74, 6) is 0.0841. The number of nitrogens with zero attached hydrogens (tertiary/aromatic N) is 1. The van der Waals surface area contributed by atoms with Gasteiger partial charge >= 0.3 is 6.09 Å². The van der Waals surface area contributed by atoms with Crippen molar-refractivity contribution in [2.75, 3.05) is 20.3 Å². The van der Waals surface area contributed by atoms with Gasteiger partial charge in [-0.25, -0.2) is 4.79 Å². The number of pyridine rings is 1. The van der Waals surface area contributed by atoms with Crippen LogP contribution in [0.1, 0.15) is 33.6 Å². The average Bonchev–Trinajstić information content (AvgIpc) is 3.12. The number of rotatable bonds is 6. The molecule has 1 saturated heterocycles. The number of aromatic nitrogens is 1. The third kappa shape index (κ3) is 6.35. The van der Waals surface area contributed by atoms with E-state index in [2.05, 4.69) is 31.5 Å². The smallest absolute Gasteiger partial charge is 0.414 e. The molecule has 1 aliphatic rings. The number of hydrogen-bond donors (Lipinski definition) is 2. The van der Waals surface area contributed by atoms with Gasteiger partial charge in [-0.2, -0.15) is 4.98 Å². The predicted molar refractivity (Wildman–Crippen MR) is 103 cm³/mol. The second-order valence-corrected chi connectivity index (χ2v) is 8.18.